The monoisotopic (exact) mass is 353 g/mol. The molecule has 0 spiro atoms. The molecule has 2 aromatic heterocycles. The smallest absolute Gasteiger partial charge is 0.226 e. The number of carbonyl (C=O) groups excluding carboxylic acids is 1. The molecule has 0 bridgehead atoms. The van der Waals surface area contributed by atoms with Gasteiger partial charge in [0.15, 0.2) is 17.0 Å². The third-order valence-corrected chi connectivity index (χ3v) is 4.55. The first kappa shape index (κ1) is 16.2. The van der Waals surface area contributed by atoms with E-state index in [4.69, 9.17) is 4.74 Å². The van der Waals surface area contributed by atoms with E-state index in [-0.39, 0.29) is 11.8 Å². The number of aromatic nitrogens is 5. The zero-order chi connectivity index (χ0) is 18.1. The van der Waals surface area contributed by atoms with Crippen molar-refractivity contribution in [2.75, 3.05) is 25.1 Å². The first-order valence-corrected chi connectivity index (χ1v) is 8.31. The van der Waals surface area contributed by atoms with Gasteiger partial charge < -0.3 is 15.0 Å². The highest BCUT2D eigenvalue weighted by molar-refractivity contribution is 5.86. The van der Waals surface area contributed by atoms with Crippen molar-refractivity contribution in [3.63, 3.8) is 0 Å². The molecule has 0 atom stereocenters. The Bertz CT molecular complexity index is 932. The van der Waals surface area contributed by atoms with Crippen LogP contribution in [0.4, 0.5) is 5.82 Å². The summed E-state index contributed by atoms with van der Waals surface area (Å²) in [4.78, 5) is 22.8. The number of anilines is 1. The number of aryl methyl sites for hydroxylation is 1. The van der Waals surface area contributed by atoms with Gasteiger partial charge in [-0.15, -0.1) is 5.10 Å². The fourth-order valence-electron chi connectivity index (χ4n) is 2.97. The van der Waals surface area contributed by atoms with Gasteiger partial charge in [0.05, 0.1) is 13.0 Å². The van der Waals surface area contributed by atoms with Gasteiger partial charge in [-0.2, -0.15) is 0 Å². The number of ether oxygens (including phenoxy) is 1. The van der Waals surface area contributed by atoms with Gasteiger partial charge >= 0.3 is 0 Å². The van der Waals surface area contributed by atoms with Crippen molar-refractivity contribution < 1.29 is 9.53 Å². The predicted molar refractivity (Wildman–Crippen MR) is 94.6 cm³/mol. The van der Waals surface area contributed by atoms with E-state index in [1.165, 1.54) is 6.33 Å². The minimum Gasteiger partial charge on any atom is -0.497 e. The molecule has 134 valence electrons. The van der Waals surface area contributed by atoms with Gasteiger partial charge in [-0.3, -0.25) is 4.79 Å². The number of rotatable bonds is 5. The summed E-state index contributed by atoms with van der Waals surface area (Å²) in [5.74, 6) is 1.51. The van der Waals surface area contributed by atoms with E-state index in [0.717, 1.165) is 17.1 Å². The maximum atomic E-state index is 12.3. The second kappa shape index (κ2) is 6.58. The first-order chi connectivity index (χ1) is 12.7. The SMILES string of the molecule is COc1ccc(CNC(=O)C2CN(c3ncnc4c3nnn4C)C2)cc1. The molecule has 0 aliphatic carbocycles. The Morgan fingerprint density at radius 3 is 2.77 bits per heavy atom. The van der Waals surface area contributed by atoms with Crippen molar-refractivity contribution >= 4 is 22.9 Å². The topological polar surface area (TPSA) is 98.1 Å². The summed E-state index contributed by atoms with van der Waals surface area (Å²) >= 11 is 0. The van der Waals surface area contributed by atoms with Crippen molar-refractivity contribution in [1.82, 2.24) is 30.3 Å². The van der Waals surface area contributed by atoms with Crippen LogP contribution >= 0.6 is 0 Å². The summed E-state index contributed by atoms with van der Waals surface area (Å²) in [5.41, 5.74) is 2.38. The second-order valence-corrected chi connectivity index (χ2v) is 6.25. The van der Waals surface area contributed by atoms with E-state index in [9.17, 15) is 4.79 Å². The fourth-order valence-corrected chi connectivity index (χ4v) is 2.97. The molecule has 0 unspecified atom stereocenters. The lowest BCUT2D eigenvalue weighted by atomic mass is 9.99. The lowest BCUT2D eigenvalue weighted by molar-refractivity contribution is -0.125. The number of hydrogen-bond acceptors (Lipinski definition) is 7. The number of fused-ring (bicyclic) bond motifs is 1. The molecule has 1 fully saturated rings. The lowest BCUT2D eigenvalue weighted by Crippen LogP contribution is -2.54. The summed E-state index contributed by atoms with van der Waals surface area (Å²) < 4.78 is 6.74. The van der Waals surface area contributed by atoms with Gasteiger partial charge in [-0.25, -0.2) is 14.6 Å². The second-order valence-electron chi connectivity index (χ2n) is 6.25. The molecule has 4 rings (SSSR count). The Balaban J connectivity index is 1.34. The standard InChI is InChI=1S/C17H19N7O2/c1-23-15-14(21-22-23)16(20-10-19-15)24-8-12(9-24)17(25)18-7-11-3-5-13(26-2)6-4-11/h3-6,10,12H,7-9H2,1-2H3,(H,18,25). The van der Waals surface area contributed by atoms with Gasteiger partial charge in [-0.05, 0) is 17.7 Å². The van der Waals surface area contributed by atoms with Crippen LogP contribution in [-0.4, -0.2) is 51.1 Å². The first-order valence-electron chi connectivity index (χ1n) is 8.31. The minimum atomic E-state index is -0.0602. The Hall–Kier alpha value is -3.23. The molecular formula is C17H19N7O2. The van der Waals surface area contributed by atoms with E-state index in [0.29, 0.717) is 30.8 Å². The maximum Gasteiger partial charge on any atom is 0.226 e. The highest BCUT2D eigenvalue weighted by atomic mass is 16.5. The van der Waals surface area contributed by atoms with Crippen molar-refractivity contribution in [2.45, 2.75) is 6.54 Å². The van der Waals surface area contributed by atoms with Gasteiger partial charge in [0.2, 0.25) is 5.91 Å². The van der Waals surface area contributed by atoms with E-state index < -0.39 is 0 Å². The number of hydrogen-bond donors (Lipinski definition) is 1. The number of methoxy groups -OCH3 is 1. The zero-order valence-corrected chi connectivity index (χ0v) is 14.6. The third-order valence-electron chi connectivity index (χ3n) is 4.55. The lowest BCUT2D eigenvalue weighted by Gasteiger charge is -2.38. The Morgan fingerprint density at radius 1 is 1.27 bits per heavy atom. The molecule has 1 N–H and O–H groups in total. The minimum absolute atomic E-state index is 0.0431. The number of nitrogens with one attached hydrogen (secondary N) is 1. The molecular weight excluding hydrogens is 334 g/mol. The van der Waals surface area contributed by atoms with Crippen LogP contribution in [-0.2, 0) is 18.4 Å². The van der Waals surface area contributed by atoms with E-state index in [1.54, 1.807) is 18.8 Å². The molecule has 1 saturated heterocycles. The van der Waals surface area contributed by atoms with Crippen LogP contribution in [0.5, 0.6) is 5.75 Å². The van der Waals surface area contributed by atoms with Crippen molar-refractivity contribution in [3.8, 4) is 5.75 Å². The van der Waals surface area contributed by atoms with Gasteiger partial charge in [0.1, 0.15) is 12.1 Å². The Morgan fingerprint density at radius 2 is 2.04 bits per heavy atom. The van der Waals surface area contributed by atoms with Crippen LogP contribution in [0.1, 0.15) is 5.56 Å². The van der Waals surface area contributed by atoms with Gasteiger partial charge in [0.25, 0.3) is 0 Å². The van der Waals surface area contributed by atoms with Crippen LogP contribution in [0.25, 0.3) is 11.2 Å². The molecule has 1 aromatic carbocycles. The number of benzene rings is 1. The zero-order valence-electron chi connectivity index (χ0n) is 14.6. The molecule has 0 radical (unpaired) electrons. The van der Waals surface area contributed by atoms with Crippen LogP contribution in [0.15, 0.2) is 30.6 Å². The predicted octanol–water partition coefficient (Wildman–Crippen LogP) is 0.519. The number of nitrogens with zero attached hydrogens (tertiary/aromatic N) is 6. The van der Waals surface area contributed by atoms with Crippen LogP contribution in [0.3, 0.4) is 0 Å². The highest BCUT2D eigenvalue weighted by Crippen LogP contribution is 2.27. The molecule has 1 amide bonds. The molecule has 3 aromatic rings. The summed E-state index contributed by atoms with van der Waals surface area (Å²) in [7, 11) is 3.42. The van der Waals surface area contributed by atoms with Crippen LogP contribution in [0, 0.1) is 5.92 Å². The molecule has 9 heteroatoms. The molecule has 9 nitrogen and oxygen atoms in total. The average molecular weight is 353 g/mol. The molecule has 1 aliphatic rings. The largest absolute Gasteiger partial charge is 0.497 e. The summed E-state index contributed by atoms with van der Waals surface area (Å²) in [6.45, 7) is 1.72. The normalized spacial score (nSPS) is 14.3. The maximum absolute atomic E-state index is 12.3. The molecule has 0 saturated carbocycles. The number of amides is 1. The van der Waals surface area contributed by atoms with Gasteiger partial charge in [-0.1, -0.05) is 17.3 Å². The van der Waals surface area contributed by atoms with Crippen molar-refractivity contribution in [2.24, 2.45) is 13.0 Å². The van der Waals surface area contributed by atoms with E-state index >= 15 is 0 Å². The van der Waals surface area contributed by atoms with Crippen LogP contribution in [0.2, 0.25) is 0 Å². The third kappa shape index (κ3) is 2.92. The molecule has 1 aliphatic heterocycles. The number of carbonyl (C=O) groups is 1. The quantitative estimate of drug-likeness (QED) is 0.714. The van der Waals surface area contributed by atoms with E-state index in [1.807, 2.05) is 29.2 Å². The Labute approximate surface area is 150 Å². The summed E-state index contributed by atoms with van der Waals surface area (Å²) in [6, 6.07) is 7.65. The van der Waals surface area contributed by atoms with Gasteiger partial charge in [0, 0.05) is 26.7 Å². The fraction of sp³-hybridized carbons (Fsp3) is 0.353. The summed E-state index contributed by atoms with van der Waals surface area (Å²) in [6.07, 6.45) is 1.50. The van der Waals surface area contributed by atoms with E-state index in [2.05, 4.69) is 25.6 Å². The molecule has 3 heterocycles. The van der Waals surface area contributed by atoms with Crippen molar-refractivity contribution in [3.05, 3.63) is 36.2 Å². The van der Waals surface area contributed by atoms with Crippen LogP contribution < -0.4 is 15.0 Å². The highest BCUT2D eigenvalue weighted by Gasteiger charge is 2.34. The van der Waals surface area contributed by atoms with Crippen molar-refractivity contribution in [1.29, 1.82) is 0 Å². The summed E-state index contributed by atoms with van der Waals surface area (Å²) in [5, 5.41) is 11.1. The Kier molecular flexibility index (Phi) is 4.11. The molecule has 26 heavy (non-hydrogen) atoms. The average Bonchev–Trinajstić information content (AvgIpc) is 3.01.